The second kappa shape index (κ2) is 7.05. The van der Waals surface area contributed by atoms with Crippen LogP contribution in [0.1, 0.15) is 12.8 Å². The van der Waals surface area contributed by atoms with Gasteiger partial charge in [-0.25, -0.2) is 17.8 Å². The Morgan fingerprint density at radius 3 is 2.65 bits per heavy atom. The SMILES string of the molecule is O=S(=O)(c1ccc(Cl)s1)N1CCC(Oc2nc3ccc(F)cc3s2)CC1. The molecule has 0 amide bonds. The van der Waals surface area contributed by atoms with Gasteiger partial charge < -0.3 is 4.74 Å². The van der Waals surface area contributed by atoms with Gasteiger partial charge in [-0.2, -0.15) is 4.31 Å². The van der Waals surface area contributed by atoms with E-state index in [1.165, 1.54) is 33.8 Å². The summed E-state index contributed by atoms with van der Waals surface area (Å²) >= 11 is 8.20. The monoisotopic (exact) mass is 432 g/mol. The summed E-state index contributed by atoms with van der Waals surface area (Å²) in [6.45, 7) is 0.754. The molecule has 0 radical (unpaired) electrons. The van der Waals surface area contributed by atoms with Crippen LogP contribution in [0, 0.1) is 5.82 Å². The van der Waals surface area contributed by atoms with Gasteiger partial charge in [0.1, 0.15) is 16.1 Å². The van der Waals surface area contributed by atoms with Crippen molar-refractivity contribution in [1.29, 1.82) is 0 Å². The van der Waals surface area contributed by atoms with Crippen LogP contribution in [0.15, 0.2) is 34.5 Å². The van der Waals surface area contributed by atoms with Crippen molar-refractivity contribution in [2.45, 2.75) is 23.2 Å². The van der Waals surface area contributed by atoms with Crippen molar-refractivity contribution in [3.63, 3.8) is 0 Å². The van der Waals surface area contributed by atoms with Gasteiger partial charge in [-0.15, -0.1) is 11.3 Å². The molecule has 1 aromatic carbocycles. The van der Waals surface area contributed by atoms with Crippen LogP contribution in [-0.2, 0) is 10.0 Å². The number of thiazole rings is 1. The molecule has 0 atom stereocenters. The van der Waals surface area contributed by atoms with Gasteiger partial charge >= 0.3 is 0 Å². The van der Waals surface area contributed by atoms with E-state index in [0.29, 0.717) is 41.0 Å². The number of aromatic nitrogens is 1. The Labute approximate surface area is 163 Å². The van der Waals surface area contributed by atoms with Crippen LogP contribution in [0.3, 0.4) is 0 Å². The quantitative estimate of drug-likeness (QED) is 0.613. The molecule has 1 aliphatic rings. The van der Waals surface area contributed by atoms with Gasteiger partial charge in [-0.3, -0.25) is 0 Å². The average Bonchev–Trinajstić information content (AvgIpc) is 3.21. The highest BCUT2D eigenvalue weighted by Crippen LogP contribution is 2.32. The summed E-state index contributed by atoms with van der Waals surface area (Å²) in [7, 11) is -3.51. The first-order chi connectivity index (χ1) is 12.4. The number of halogens is 2. The van der Waals surface area contributed by atoms with Crippen LogP contribution in [0.2, 0.25) is 4.34 Å². The molecule has 5 nitrogen and oxygen atoms in total. The number of benzene rings is 1. The third-order valence-corrected chi connectivity index (χ3v) is 8.65. The van der Waals surface area contributed by atoms with E-state index >= 15 is 0 Å². The van der Waals surface area contributed by atoms with Crippen molar-refractivity contribution in [2.24, 2.45) is 0 Å². The van der Waals surface area contributed by atoms with E-state index in [1.807, 2.05) is 0 Å². The minimum absolute atomic E-state index is 0.112. The lowest BCUT2D eigenvalue weighted by atomic mass is 10.1. The number of hydrogen-bond donors (Lipinski definition) is 0. The van der Waals surface area contributed by atoms with Crippen LogP contribution in [0.4, 0.5) is 4.39 Å². The van der Waals surface area contributed by atoms with Gasteiger partial charge in [-0.1, -0.05) is 22.9 Å². The van der Waals surface area contributed by atoms with E-state index < -0.39 is 10.0 Å². The predicted molar refractivity (Wildman–Crippen MR) is 101 cm³/mol. The van der Waals surface area contributed by atoms with Gasteiger partial charge in [0.05, 0.1) is 14.6 Å². The summed E-state index contributed by atoms with van der Waals surface area (Å²) < 4.78 is 47.3. The van der Waals surface area contributed by atoms with E-state index in [-0.39, 0.29) is 16.1 Å². The summed E-state index contributed by atoms with van der Waals surface area (Å²) in [6, 6.07) is 7.54. The molecule has 1 fully saturated rings. The van der Waals surface area contributed by atoms with Crippen LogP contribution < -0.4 is 4.74 Å². The molecule has 26 heavy (non-hydrogen) atoms. The van der Waals surface area contributed by atoms with Crippen LogP contribution in [0.25, 0.3) is 10.2 Å². The zero-order valence-corrected chi connectivity index (χ0v) is 16.6. The third kappa shape index (κ3) is 3.59. The Hall–Kier alpha value is -1.26. The highest BCUT2D eigenvalue weighted by molar-refractivity contribution is 7.91. The molecular weight excluding hydrogens is 419 g/mol. The van der Waals surface area contributed by atoms with E-state index in [1.54, 1.807) is 12.1 Å². The Bertz CT molecular complexity index is 1040. The van der Waals surface area contributed by atoms with Crippen LogP contribution in [-0.4, -0.2) is 36.9 Å². The van der Waals surface area contributed by atoms with E-state index in [0.717, 1.165) is 16.0 Å². The molecule has 0 unspecified atom stereocenters. The normalized spacial score (nSPS) is 17.0. The number of fused-ring (bicyclic) bond motifs is 1. The van der Waals surface area contributed by atoms with Crippen molar-refractivity contribution in [2.75, 3.05) is 13.1 Å². The molecule has 4 rings (SSSR count). The van der Waals surface area contributed by atoms with E-state index in [4.69, 9.17) is 16.3 Å². The molecule has 0 spiro atoms. The molecule has 10 heteroatoms. The fourth-order valence-corrected chi connectivity index (χ4v) is 6.84. The smallest absolute Gasteiger partial charge is 0.274 e. The first kappa shape index (κ1) is 18.1. The van der Waals surface area contributed by atoms with Crippen molar-refractivity contribution in [3.05, 3.63) is 40.5 Å². The lowest BCUT2D eigenvalue weighted by Crippen LogP contribution is -2.41. The maximum Gasteiger partial charge on any atom is 0.274 e. The maximum atomic E-state index is 13.3. The van der Waals surface area contributed by atoms with Crippen molar-refractivity contribution < 1.29 is 17.5 Å². The molecular formula is C16H14ClFN2O3S3. The molecule has 0 bridgehead atoms. The number of hydrogen-bond acceptors (Lipinski definition) is 6. The fourth-order valence-electron chi connectivity index (χ4n) is 2.82. The highest BCUT2D eigenvalue weighted by Gasteiger charge is 2.31. The summed E-state index contributed by atoms with van der Waals surface area (Å²) in [5.41, 5.74) is 0.695. The molecule has 3 aromatic rings. The number of rotatable bonds is 4. The number of ether oxygens (including phenoxy) is 1. The number of nitrogens with zero attached hydrogens (tertiary/aromatic N) is 2. The van der Waals surface area contributed by atoms with Crippen LogP contribution >= 0.6 is 34.3 Å². The highest BCUT2D eigenvalue weighted by atomic mass is 35.5. The number of piperidine rings is 1. The molecule has 1 saturated heterocycles. The molecule has 1 aliphatic heterocycles. The summed E-state index contributed by atoms with van der Waals surface area (Å²) in [5.74, 6) is -0.306. The summed E-state index contributed by atoms with van der Waals surface area (Å²) in [6.07, 6.45) is 1.03. The second-order valence-electron chi connectivity index (χ2n) is 5.87. The van der Waals surface area contributed by atoms with Gasteiger partial charge in [-0.05, 0) is 43.2 Å². The topological polar surface area (TPSA) is 59.5 Å². The zero-order valence-electron chi connectivity index (χ0n) is 13.4. The zero-order chi connectivity index (χ0) is 18.3. The molecule has 2 aromatic heterocycles. The first-order valence-corrected chi connectivity index (χ1v) is 11.4. The largest absolute Gasteiger partial charge is 0.467 e. The van der Waals surface area contributed by atoms with Crippen molar-refractivity contribution in [1.82, 2.24) is 9.29 Å². The average molecular weight is 433 g/mol. The Kier molecular flexibility index (Phi) is 4.91. The molecule has 0 N–H and O–H groups in total. The van der Waals surface area contributed by atoms with E-state index in [2.05, 4.69) is 4.98 Å². The second-order valence-corrected chi connectivity index (χ2v) is 10.7. The lowest BCUT2D eigenvalue weighted by molar-refractivity contribution is 0.135. The summed E-state index contributed by atoms with van der Waals surface area (Å²) in [5, 5.41) is 0.483. The third-order valence-electron chi connectivity index (χ3n) is 4.14. The Morgan fingerprint density at radius 2 is 1.96 bits per heavy atom. The van der Waals surface area contributed by atoms with Gasteiger partial charge in [0.2, 0.25) is 0 Å². The maximum absolute atomic E-state index is 13.3. The fraction of sp³-hybridized carbons (Fsp3) is 0.312. The van der Waals surface area contributed by atoms with E-state index in [9.17, 15) is 12.8 Å². The van der Waals surface area contributed by atoms with Gasteiger partial charge in [0.25, 0.3) is 15.2 Å². The minimum atomic E-state index is -3.51. The van der Waals surface area contributed by atoms with Gasteiger partial charge in [0, 0.05) is 13.1 Å². The van der Waals surface area contributed by atoms with Crippen molar-refractivity contribution >= 4 is 54.5 Å². The first-order valence-electron chi connectivity index (χ1n) is 7.90. The Balaban J connectivity index is 1.41. The number of sulfonamides is 1. The minimum Gasteiger partial charge on any atom is -0.467 e. The van der Waals surface area contributed by atoms with Crippen molar-refractivity contribution in [3.8, 4) is 5.19 Å². The Morgan fingerprint density at radius 1 is 1.19 bits per heavy atom. The molecule has 0 aliphatic carbocycles. The van der Waals surface area contributed by atoms with Crippen LogP contribution in [0.5, 0.6) is 5.19 Å². The predicted octanol–water partition coefficient (Wildman–Crippen LogP) is 4.38. The molecule has 0 saturated carbocycles. The summed E-state index contributed by atoms with van der Waals surface area (Å²) in [4.78, 5) is 4.35. The van der Waals surface area contributed by atoms with Gasteiger partial charge in [0.15, 0.2) is 0 Å². The standard InChI is InChI=1S/C16H14ClFN2O3S3/c17-14-3-4-15(25-14)26(21,22)20-7-5-11(6-8-20)23-16-19-12-2-1-10(18)9-13(12)24-16/h1-4,9,11H,5-8H2. The molecule has 138 valence electrons. The lowest BCUT2D eigenvalue weighted by Gasteiger charge is -2.30. The molecule has 3 heterocycles. The number of thiophene rings is 1.